The van der Waals surface area contributed by atoms with Crippen molar-refractivity contribution in [2.75, 3.05) is 39.3 Å². The molecule has 0 saturated carbocycles. The number of rotatable bonds is 15. The van der Waals surface area contributed by atoms with Crippen LogP contribution in [0.15, 0.2) is 0 Å². The molecule has 0 aliphatic rings. The third-order valence-corrected chi connectivity index (χ3v) is 5.43. The van der Waals surface area contributed by atoms with Gasteiger partial charge in [0.2, 0.25) is 0 Å². The molecule has 10 nitrogen and oxygen atoms in total. The molecule has 0 heterocycles. The Labute approximate surface area is 243 Å². The molecule has 3 amide bonds. The zero-order chi connectivity index (χ0) is 31.1. The van der Waals surface area contributed by atoms with Crippen molar-refractivity contribution in [2.45, 2.75) is 131 Å². The Morgan fingerprint density at radius 1 is 0.500 bits per heavy atom. The summed E-state index contributed by atoms with van der Waals surface area (Å²) < 4.78 is 16.7. The number of hydrogen-bond acceptors (Lipinski definition) is 7. The van der Waals surface area contributed by atoms with Crippen molar-refractivity contribution in [3.05, 3.63) is 0 Å². The number of carbonyl (C=O) groups excluding carboxylic acids is 4. The van der Waals surface area contributed by atoms with Gasteiger partial charge in [0.1, 0.15) is 22.6 Å². The fourth-order valence-corrected chi connectivity index (χ4v) is 3.56. The molecule has 0 atom stereocenters. The van der Waals surface area contributed by atoms with Crippen LogP contribution in [0, 0.1) is 0 Å². The van der Waals surface area contributed by atoms with Crippen molar-refractivity contribution in [3.63, 3.8) is 0 Å². The topological polar surface area (TPSA) is 106 Å². The van der Waals surface area contributed by atoms with Crippen LogP contribution in [0.2, 0.25) is 0 Å². The molecule has 0 spiro atoms. The molecule has 0 unspecified atom stereocenters. The molecule has 40 heavy (non-hydrogen) atoms. The first-order valence-electron chi connectivity index (χ1n) is 14.7. The molecule has 0 aliphatic carbocycles. The lowest BCUT2D eigenvalue weighted by Crippen LogP contribution is -2.42. The van der Waals surface area contributed by atoms with Crippen molar-refractivity contribution in [1.82, 2.24) is 14.7 Å². The van der Waals surface area contributed by atoms with Crippen molar-refractivity contribution < 1.29 is 33.4 Å². The van der Waals surface area contributed by atoms with Crippen LogP contribution < -0.4 is 0 Å². The van der Waals surface area contributed by atoms with E-state index in [1.165, 1.54) is 11.8 Å². The minimum Gasteiger partial charge on any atom is -0.444 e. The monoisotopic (exact) mass is 571 g/mol. The van der Waals surface area contributed by atoms with Gasteiger partial charge in [0.25, 0.3) is 0 Å². The summed E-state index contributed by atoms with van der Waals surface area (Å²) in [5.74, 6) is -0.0108. The third-order valence-electron chi connectivity index (χ3n) is 5.43. The summed E-state index contributed by atoms with van der Waals surface area (Å²) in [4.78, 5) is 54.8. The smallest absolute Gasteiger partial charge is 0.410 e. The van der Waals surface area contributed by atoms with Gasteiger partial charge in [-0.15, -0.1) is 0 Å². The summed E-state index contributed by atoms with van der Waals surface area (Å²) in [6.45, 7) is 22.6. The van der Waals surface area contributed by atoms with E-state index in [1.54, 1.807) is 30.6 Å². The van der Waals surface area contributed by atoms with E-state index in [0.29, 0.717) is 52.0 Å². The van der Waals surface area contributed by atoms with Crippen LogP contribution >= 0.6 is 0 Å². The van der Waals surface area contributed by atoms with E-state index in [9.17, 15) is 19.2 Å². The second kappa shape index (κ2) is 17.3. The van der Waals surface area contributed by atoms with Crippen molar-refractivity contribution in [3.8, 4) is 0 Å². The lowest BCUT2D eigenvalue weighted by molar-refractivity contribution is -0.117. The number of nitrogens with zero attached hydrogens (tertiary/aromatic N) is 3. The van der Waals surface area contributed by atoms with Crippen LogP contribution in [0.1, 0.15) is 115 Å². The number of hydrogen-bond donors (Lipinski definition) is 0. The standard InChI is InChI=1S/C30H57N3O7/c1-12-13-18-31(25(35)38-28(3,4)5)19-14-15-20-32(26(36)39-29(6,7)8)21-16-22-33(23-17-24(2)34)27(37)40-30(9,10)11/h12-23H2,1-11H3. The van der Waals surface area contributed by atoms with Gasteiger partial charge < -0.3 is 28.9 Å². The van der Waals surface area contributed by atoms with Gasteiger partial charge in [-0.3, -0.25) is 4.79 Å². The summed E-state index contributed by atoms with van der Waals surface area (Å²) in [7, 11) is 0. The lowest BCUT2D eigenvalue weighted by atomic mass is 10.2. The molecular formula is C30H57N3O7. The average molecular weight is 572 g/mol. The minimum atomic E-state index is -0.654. The quantitative estimate of drug-likeness (QED) is 0.160. The van der Waals surface area contributed by atoms with Crippen molar-refractivity contribution >= 4 is 24.1 Å². The molecule has 0 bridgehead atoms. The van der Waals surface area contributed by atoms with Crippen LogP contribution in [0.3, 0.4) is 0 Å². The minimum absolute atomic E-state index is 0.0108. The van der Waals surface area contributed by atoms with Gasteiger partial charge in [0.15, 0.2) is 0 Å². The first-order valence-corrected chi connectivity index (χ1v) is 14.7. The first-order chi connectivity index (χ1) is 18.2. The molecule has 0 fully saturated rings. The number of carbonyl (C=O) groups is 4. The van der Waals surface area contributed by atoms with Crippen molar-refractivity contribution in [1.29, 1.82) is 0 Å². The number of unbranched alkanes of at least 4 members (excludes halogenated alkanes) is 2. The molecule has 10 heteroatoms. The van der Waals surface area contributed by atoms with Gasteiger partial charge in [-0.25, -0.2) is 14.4 Å². The molecule has 0 radical (unpaired) electrons. The molecule has 0 aliphatic heterocycles. The highest BCUT2D eigenvalue weighted by Crippen LogP contribution is 2.15. The maximum Gasteiger partial charge on any atom is 0.410 e. The summed E-state index contributed by atoms with van der Waals surface area (Å²) in [5, 5.41) is 0. The SMILES string of the molecule is CCCCN(CCCCN(CCCN(CCC(C)=O)C(=O)OC(C)(C)C)C(=O)OC(C)(C)C)C(=O)OC(C)(C)C. The fourth-order valence-electron chi connectivity index (χ4n) is 3.56. The summed E-state index contributed by atoms with van der Waals surface area (Å²) in [5.41, 5.74) is -1.86. The Morgan fingerprint density at radius 2 is 0.800 bits per heavy atom. The average Bonchev–Trinajstić information content (AvgIpc) is 2.75. The normalized spacial score (nSPS) is 12.0. The molecule has 0 rings (SSSR count). The van der Waals surface area contributed by atoms with E-state index in [2.05, 4.69) is 6.92 Å². The number of amides is 3. The molecule has 0 aromatic rings. The van der Waals surface area contributed by atoms with E-state index < -0.39 is 29.0 Å². The highest BCUT2D eigenvalue weighted by atomic mass is 16.6. The number of ether oxygens (including phenoxy) is 3. The molecule has 0 saturated heterocycles. The van der Waals surface area contributed by atoms with E-state index in [0.717, 1.165) is 12.8 Å². The van der Waals surface area contributed by atoms with E-state index in [1.807, 2.05) is 41.5 Å². The number of ketones is 1. The third kappa shape index (κ3) is 19.5. The van der Waals surface area contributed by atoms with Crippen LogP contribution in [-0.4, -0.2) is 94.8 Å². The highest BCUT2D eigenvalue weighted by Gasteiger charge is 2.25. The molecular weight excluding hydrogens is 514 g/mol. The number of Topliss-reactive ketones (excluding diaryl/α,β-unsaturated/α-hetero) is 1. The second-order valence-corrected chi connectivity index (χ2v) is 13.3. The van der Waals surface area contributed by atoms with E-state index in [-0.39, 0.29) is 24.8 Å². The largest absolute Gasteiger partial charge is 0.444 e. The van der Waals surface area contributed by atoms with Crippen LogP contribution in [0.25, 0.3) is 0 Å². The van der Waals surface area contributed by atoms with Crippen LogP contribution in [-0.2, 0) is 19.0 Å². The Morgan fingerprint density at radius 3 is 1.10 bits per heavy atom. The predicted octanol–water partition coefficient (Wildman–Crippen LogP) is 6.65. The van der Waals surface area contributed by atoms with Gasteiger partial charge >= 0.3 is 18.3 Å². The molecule has 0 N–H and O–H groups in total. The summed E-state index contributed by atoms with van der Waals surface area (Å²) in [6.07, 6.45) is 2.74. The Bertz CT molecular complexity index is 795. The highest BCUT2D eigenvalue weighted by molar-refractivity contribution is 5.76. The molecule has 234 valence electrons. The summed E-state index contributed by atoms with van der Waals surface area (Å²) in [6, 6.07) is 0. The molecule has 0 aromatic heterocycles. The van der Waals surface area contributed by atoms with Gasteiger partial charge in [-0.1, -0.05) is 13.3 Å². The predicted molar refractivity (Wildman–Crippen MR) is 157 cm³/mol. The zero-order valence-corrected chi connectivity index (χ0v) is 27.2. The molecule has 0 aromatic carbocycles. The maximum absolute atomic E-state index is 13.0. The van der Waals surface area contributed by atoms with Gasteiger partial charge in [-0.2, -0.15) is 0 Å². The van der Waals surface area contributed by atoms with Gasteiger partial charge in [0, 0.05) is 45.7 Å². The Hall–Kier alpha value is -2.52. The fraction of sp³-hybridized carbons (Fsp3) is 0.867. The van der Waals surface area contributed by atoms with Gasteiger partial charge in [-0.05, 0) is 94.9 Å². The summed E-state index contributed by atoms with van der Waals surface area (Å²) >= 11 is 0. The van der Waals surface area contributed by atoms with Crippen LogP contribution in [0.4, 0.5) is 14.4 Å². The van der Waals surface area contributed by atoms with E-state index in [4.69, 9.17) is 14.2 Å². The first kappa shape index (κ1) is 37.5. The van der Waals surface area contributed by atoms with Crippen molar-refractivity contribution in [2.24, 2.45) is 0 Å². The lowest BCUT2D eigenvalue weighted by Gasteiger charge is -2.30. The Kier molecular flexibility index (Phi) is 16.2. The Balaban J connectivity index is 5.26. The van der Waals surface area contributed by atoms with Crippen LogP contribution in [0.5, 0.6) is 0 Å². The maximum atomic E-state index is 13.0. The van der Waals surface area contributed by atoms with Gasteiger partial charge in [0.05, 0.1) is 0 Å². The zero-order valence-electron chi connectivity index (χ0n) is 27.2. The van der Waals surface area contributed by atoms with E-state index >= 15 is 0 Å². The second-order valence-electron chi connectivity index (χ2n) is 13.3.